The number of pyridine rings is 2. The largest absolute Gasteiger partial charge is 0.514 e. The van der Waals surface area contributed by atoms with E-state index in [4.69, 9.17) is 67.0 Å². The summed E-state index contributed by atoms with van der Waals surface area (Å²) in [6.07, 6.45) is 21.2. The van der Waals surface area contributed by atoms with Gasteiger partial charge in [-0.1, -0.05) is 441 Å². The Hall–Kier alpha value is -10.6. The maximum atomic E-state index is 6.40. The summed E-state index contributed by atoms with van der Waals surface area (Å²) in [5, 5.41) is 33.3. The number of aromatic nitrogens is 8. The molecule has 770 valence electrons. The first-order valence-corrected chi connectivity index (χ1v) is 59.5. The van der Waals surface area contributed by atoms with Crippen molar-refractivity contribution in [2.24, 2.45) is 0 Å². The zero-order chi connectivity index (χ0) is 103. The van der Waals surface area contributed by atoms with E-state index >= 15 is 0 Å². The maximum absolute atomic E-state index is 6.40. The molecule has 0 amide bonds. The Balaban J connectivity index is 0.000000118. The molecule has 12 aromatic carbocycles. The topological polar surface area (TPSA) is 125 Å². The van der Waals surface area contributed by atoms with Crippen LogP contribution in [0.25, 0.3) is 22.8 Å². The number of hydrogen-bond acceptors (Lipinski definition) is 10. The van der Waals surface area contributed by atoms with Gasteiger partial charge in [0.2, 0.25) is 0 Å². The molecule has 150 heavy (non-hydrogen) atoms. The first-order chi connectivity index (χ1) is 72.7. The molecule has 4 aliphatic carbocycles. The molecule has 13 nitrogen and oxygen atoms in total. The van der Waals surface area contributed by atoms with Crippen LogP contribution in [-0.4, -0.2) is 77.5 Å². The second-order valence-electron chi connectivity index (χ2n) is 41.8. The van der Waals surface area contributed by atoms with E-state index in [0.717, 1.165) is 125 Å². The smallest absolute Gasteiger partial charge is 0.398 e. The third-order valence-electron chi connectivity index (χ3n) is 29.7. The van der Waals surface area contributed by atoms with Crippen molar-refractivity contribution in [3.05, 3.63) is 444 Å². The number of ether oxygens (including phenoxy) is 3. The fourth-order valence-corrected chi connectivity index (χ4v) is 31.4. The van der Waals surface area contributed by atoms with Crippen molar-refractivity contribution < 1.29 is 43.9 Å². The summed E-state index contributed by atoms with van der Waals surface area (Å²) in [6, 6.07) is 141. The predicted octanol–water partition coefficient (Wildman–Crippen LogP) is 26.5. The van der Waals surface area contributed by atoms with Gasteiger partial charge in [-0.25, -0.2) is 24.0 Å². The minimum atomic E-state index is -0.446. The van der Waals surface area contributed by atoms with E-state index in [2.05, 4.69) is 457 Å². The molecule has 0 N–H and O–H groups in total. The Morgan fingerprint density at radius 3 is 0.727 bits per heavy atom. The number of halogens is 2. The molecule has 5 atom stereocenters. The summed E-state index contributed by atoms with van der Waals surface area (Å²) >= 11 is 10.9. The Kier molecular flexibility index (Phi) is 37.4. The van der Waals surface area contributed by atoms with E-state index < -0.39 is 31.7 Å². The summed E-state index contributed by atoms with van der Waals surface area (Å²) in [7, 11) is -2.09. The minimum Gasteiger partial charge on any atom is -0.398 e. The molecule has 5 fully saturated rings. The van der Waals surface area contributed by atoms with Crippen LogP contribution in [-0.2, 0) is 79.4 Å². The van der Waals surface area contributed by atoms with Gasteiger partial charge in [-0.2, -0.15) is 15.3 Å². The molecule has 21 heteroatoms. The van der Waals surface area contributed by atoms with E-state index in [9.17, 15) is 0 Å². The molecule has 1 saturated carbocycles. The van der Waals surface area contributed by atoms with Gasteiger partial charge in [-0.05, 0) is 255 Å². The van der Waals surface area contributed by atoms with Crippen molar-refractivity contribution in [2.75, 3.05) is 19.8 Å². The molecule has 17 aromatic rings. The maximum Gasteiger partial charge on any atom is 0.514 e. The van der Waals surface area contributed by atoms with Crippen LogP contribution < -0.4 is 69.2 Å². The Labute approximate surface area is 917 Å². The van der Waals surface area contributed by atoms with Gasteiger partial charge in [-0.3, -0.25) is 0 Å². The van der Waals surface area contributed by atoms with Crippen LogP contribution >= 0.6 is 54.9 Å². The molecule has 4 aliphatic heterocycles. The van der Waals surface area contributed by atoms with Crippen LogP contribution in [0.3, 0.4) is 0 Å². The fourth-order valence-electron chi connectivity index (χ4n) is 21.8. The van der Waals surface area contributed by atoms with Crippen molar-refractivity contribution in [2.45, 2.75) is 224 Å². The zero-order valence-corrected chi connectivity index (χ0v) is 94.1. The number of benzene rings is 12. The van der Waals surface area contributed by atoms with Gasteiger partial charge in [0.15, 0.2) is 12.5 Å². The van der Waals surface area contributed by atoms with Gasteiger partial charge in [0, 0.05) is 74.0 Å². The van der Waals surface area contributed by atoms with Gasteiger partial charge in [-0.15, -0.1) is 0 Å². The molecule has 0 bridgehead atoms. The number of nitrogens with zero attached hydrogens (tertiary/aromatic N) is 8. The van der Waals surface area contributed by atoms with Crippen molar-refractivity contribution >= 4 is 131 Å². The number of fused-ring (bicyclic) bond motifs is 4. The van der Waals surface area contributed by atoms with E-state index in [-0.39, 0.29) is 73.7 Å². The summed E-state index contributed by atoms with van der Waals surface area (Å²) < 4.78 is 38.0. The average Bonchev–Trinajstić information content (AvgIpc) is 1.52. The Bertz CT molecular complexity index is 6110. The normalized spacial score (nSPS) is 19.3. The molecule has 9 heterocycles. The van der Waals surface area contributed by atoms with Gasteiger partial charge < -0.3 is 23.5 Å². The van der Waals surface area contributed by atoms with Crippen LogP contribution in [0.4, 0.5) is 0 Å². The standard InChI is InChI=1S/C33H45N5O2.C19H29BN2O3.4C18H15P.C5H3Cl2N.Pd/c1-32(2)18-10-12-22-28(37(35-30(22)32)26-16-5-7-20-39-26)24-14-9-15-25(34-24)29-23-13-11-19-33(3,4)31(23)36-38(29)27-17-6-8-21-40-27;1-17(2)10-7-8-13-15(17)21-22(14-9-5-6-11-23-14)16(13)20-24-18(3)12-19(18,4)25-20;4*1-4-10-16(11-5-1)19(17-12-6-2-7-13-17)18-14-8-3-9-15-18;6-4-2-1-3-5(7)8-4;/h9,14-15,26-27H,5-8,10-13,16-21H2,1-4H3;14H,5-12H2,1-4H3;4*1-15H;1-3H;. The molecular weight excluding hydrogens is 2050 g/mol. The van der Waals surface area contributed by atoms with Crippen molar-refractivity contribution in [3.63, 3.8) is 0 Å². The summed E-state index contributed by atoms with van der Waals surface area (Å²) in [5.41, 5.74) is 13.2. The van der Waals surface area contributed by atoms with Gasteiger partial charge in [0.05, 0.1) is 56.7 Å². The van der Waals surface area contributed by atoms with Crippen LogP contribution in [0.1, 0.15) is 211 Å². The number of rotatable bonds is 18. The molecular formula is C129H137BCl2N8O5P4Pd. The van der Waals surface area contributed by atoms with Crippen LogP contribution in [0, 0.1) is 0 Å². The fraction of sp³-hybridized carbons (Fsp3) is 0.295. The molecule has 4 saturated heterocycles. The molecule has 5 unspecified atom stereocenters. The van der Waals surface area contributed by atoms with E-state index in [0.29, 0.717) is 10.3 Å². The van der Waals surface area contributed by atoms with Crippen molar-refractivity contribution in [3.8, 4) is 22.8 Å². The monoisotopic (exact) mass is 2190 g/mol. The summed E-state index contributed by atoms with van der Waals surface area (Å²) in [4.78, 5) is 9.15. The molecule has 8 aliphatic rings. The van der Waals surface area contributed by atoms with Crippen LogP contribution in [0.2, 0.25) is 10.3 Å². The van der Waals surface area contributed by atoms with E-state index in [1.807, 2.05) is 0 Å². The van der Waals surface area contributed by atoms with E-state index in [1.165, 1.54) is 142 Å². The van der Waals surface area contributed by atoms with Gasteiger partial charge in [0.25, 0.3) is 0 Å². The second-order valence-corrected chi connectivity index (χ2v) is 51.5. The third kappa shape index (κ3) is 26.4. The van der Waals surface area contributed by atoms with Crippen LogP contribution in [0.15, 0.2) is 400 Å². The minimum absolute atomic E-state index is 0. The van der Waals surface area contributed by atoms with Crippen molar-refractivity contribution in [1.82, 2.24) is 39.3 Å². The Morgan fingerprint density at radius 1 is 0.267 bits per heavy atom. The summed E-state index contributed by atoms with van der Waals surface area (Å²) in [5.74, 6) is 0. The van der Waals surface area contributed by atoms with Gasteiger partial charge >= 0.3 is 7.12 Å². The SMILES string of the molecule is CC1(C)CCCc2c1nn(C1CCCCO1)c2-c1cccc(-c2c3c(nn2C2CCCCO2)C(C)(C)CCC3)n1.CC1(C)CCCc2c1nn(C1CCCCO1)c2B1OC2(C)CC2(C)O1.Clc1cccc(Cl)n1.[Pd].c1ccc(P(c2ccccc2)c2ccccc2)cc1.c1ccc(P(c2ccccc2)c2ccccc2)cc1.c1ccc(P(c2ccccc2)c2ccccc2)cc1.c1ccc(P(c2ccccc2)c2ccccc2)cc1. The Morgan fingerprint density at radius 2 is 0.493 bits per heavy atom. The van der Waals surface area contributed by atoms with Gasteiger partial charge in [0.1, 0.15) is 16.5 Å². The summed E-state index contributed by atoms with van der Waals surface area (Å²) in [6.45, 7) is 20.7. The van der Waals surface area contributed by atoms with E-state index in [1.54, 1.807) is 18.2 Å². The quantitative estimate of drug-likeness (QED) is 0.0466. The second kappa shape index (κ2) is 51.4. The van der Waals surface area contributed by atoms with Crippen molar-refractivity contribution in [1.29, 1.82) is 0 Å². The zero-order valence-electron chi connectivity index (χ0n) is 87.5. The first-order valence-electron chi connectivity index (χ1n) is 53.4. The first kappa shape index (κ1) is 109. The molecule has 5 aromatic heterocycles. The molecule has 25 rings (SSSR count). The average molecular weight is 2190 g/mol. The molecule has 0 spiro atoms. The third-order valence-corrected chi connectivity index (χ3v) is 39.9. The molecule has 0 radical (unpaired) electrons. The number of hydrogen-bond donors (Lipinski definition) is 0. The van der Waals surface area contributed by atoms with Crippen LogP contribution in [0.5, 0.6) is 0 Å². The predicted molar refractivity (Wildman–Crippen MR) is 627 cm³/mol.